The highest BCUT2D eigenvalue weighted by Crippen LogP contribution is 1.94. The summed E-state index contributed by atoms with van der Waals surface area (Å²) in [5.74, 6) is 5.84. The van der Waals surface area contributed by atoms with Crippen LogP contribution in [0.25, 0.3) is 0 Å². The third-order valence-electron chi connectivity index (χ3n) is 1.48. The summed E-state index contributed by atoms with van der Waals surface area (Å²) in [6.45, 7) is 2.10. The summed E-state index contributed by atoms with van der Waals surface area (Å²) >= 11 is 0. The molecule has 13 heavy (non-hydrogen) atoms. The van der Waals surface area contributed by atoms with Gasteiger partial charge in [-0.25, -0.2) is 9.97 Å². The minimum absolute atomic E-state index is 0.192. The second-order valence-corrected chi connectivity index (χ2v) is 2.67. The molecule has 1 heterocycles. The first kappa shape index (κ1) is 9.69. The average molecular weight is 176 g/mol. The molecule has 0 spiro atoms. The number of hydrogen-bond donors (Lipinski definition) is 1. The molecule has 0 saturated carbocycles. The van der Waals surface area contributed by atoms with Gasteiger partial charge in [-0.15, -0.1) is 0 Å². The van der Waals surface area contributed by atoms with E-state index in [-0.39, 0.29) is 6.61 Å². The van der Waals surface area contributed by atoms with Gasteiger partial charge in [0.2, 0.25) is 0 Å². The van der Waals surface area contributed by atoms with E-state index >= 15 is 0 Å². The number of hydrogen-bond acceptors (Lipinski definition) is 3. The van der Waals surface area contributed by atoms with E-state index in [0.717, 1.165) is 17.8 Å². The molecule has 0 radical (unpaired) electrons. The Bertz CT molecular complexity index is 325. The normalized spacial score (nSPS) is 9.08. The first-order valence-corrected chi connectivity index (χ1v) is 4.21. The van der Waals surface area contributed by atoms with Crippen LogP contribution in [0, 0.1) is 18.8 Å². The first-order chi connectivity index (χ1) is 6.33. The van der Waals surface area contributed by atoms with Crippen LogP contribution in [-0.2, 0) is 0 Å². The van der Waals surface area contributed by atoms with Gasteiger partial charge in [0.25, 0.3) is 0 Å². The molecule has 0 unspecified atom stereocenters. The summed E-state index contributed by atoms with van der Waals surface area (Å²) in [6.07, 6.45) is 2.93. The fraction of sp³-hybridized carbons (Fsp3) is 0.400. The van der Waals surface area contributed by atoms with Gasteiger partial charge in [-0.05, 0) is 25.3 Å². The monoisotopic (exact) mass is 176 g/mol. The maximum Gasteiger partial charge on any atom is 0.117 e. The van der Waals surface area contributed by atoms with Crippen LogP contribution in [0.15, 0.2) is 12.4 Å². The summed E-state index contributed by atoms with van der Waals surface area (Å²) in [7, 11) is 0. The Morgan fingerprint density at radius 3 is 3.00 bits per heavy atom. The van der Waals surface area contributed by atoms with Gasteiger partial charge in [0.1, 0.15) is 12.0 Å². The van der Waals surface area contributed by atoms with Crippen LogP contribution < -0.4 is 0 Å². The Morgan fingerprint density at radius 1 is 1.46 bits per heavy atom. The van der Waals surface area contributed by atoms with Crippen LogP contribution in [0.4, 0.5) is 0 Å². The third-order valence-corrected chi connectivity index (χ3v) is 1.48. The quantitative estimate of drug-likeness (QED) is 0.538. The smallest absolute Gasteiger partial charge is 0.117 e. The Balaban J connectivity index is 2.56. The number of unbranched alkanes of at least 4 members (excludes halogenated alkanes) is 1. The van der Waals surface area contributed by atoms with Crippen LogP contribution >= 0.6 is 0 Å². The van der Waals surface area contributed by atoms with Crippen LogP contribution in [0.1, 0.15) is 24.2 Å². The fourth-order valence-corrected chi connectivity index (χ4v) is 0.843. The molecule has 3 heteroatoms. The largest absolute Gasteiger partial charge is 0.396 e. The summed E-state index contributed by atoms with van der Waals surface area (Å²) in [6, 6.07) is 1.84. The van der Waals surface area contributed by atoms with Gasteiger partial charge in [-0.1, -0.05) is 5.92 Å². The van der Waals surface area contributed by atoms with Gasteiger partial charge in [0.05, 0.1) is 0 Å². The van der Waals surface area contributed by atoms with Crippen molar-refractivity contribution in [2.24, 2.45) is 0 Å². The Kier molecular flexibility index (Phi) is 3.94. The van der Waals surface area contributed by atoms with E-state index < -0.39 is 0 Å². The number of rotatable bonds is 2. The third kappa shape index (κ3) is 3.68. The van der Waals surface area contributed by atoms with E-state index in [0.29, 0.717) is 6.42 Å². The van der Waals surface area contributed by atoms with Crippen LogP contribution in [0.5, 0.6) is 0 Å². The van der Waals surface area contributed by atoms with E-state index in [1.165, 1.54) is 6.33 Å². The number of aryl methyl sites for hydroxylation is 1. The maximum atomic E-state index is 8.51. The maximum absolute atomic E-state index is 8.51. The highest BCUT2D eigenvalue weighted by atomic mass is 16.2. The van der Waals surface area contributed by atoms with Crippen molar-refractivity contribution in [3.05, 3.63) is 23.8 Å². The molecule has 0 aliphatic heterocycles. The number of aliphatic hydroxyl groups is 1. The topological polar surface area (TPSA) is 46.0 Å². The van der Waals surface area contributed by atoms with Crippen molar-refractivity contribution in [3.8, 4) is 11.8 Å². The second kappa shape index (κ2) is 5.28. The van der Waals surface area contributed by atoms with E-state index in [1.54, 1.807) is 0 Å². The van der Waals surface area contributed by atoms with Gasteiger partial charge >= 0.3 is 0 Å². The molecule has 1 N–H and O–H groups in total. The fourth-order valence-electron chi connectivity index (χ4n) is 0.843. The van der Waals surface area contributed by atoms with Gasteiger partial charge in [-0.3, -0.25) is 0 Å². The van der Waals surface area contributed by atoms with Crippen LogP contribution in [-0.4, -0.2) is 21.7 Å². The van der Waals surface area contributed by atoms with Crippen molar-refractivity contribution in [3.63, 3.8) is 0 Å². The molecule has 0 bridgehead atoms. The van der Waals surface area contributed by atoms with Crippen molar-refractivity contribution < 1.29 is 5.11 Å². The minimum Gasteiger partial charge on any atom is -0.396 e. The molecule has 0 atom stereocenters. The lowest BCUT2D eigenvalue weighted by atomic mass is 10.3. The molecule has 0 amide bonds. The molecule has 1 aromatic heterocycles. The molecule has 0 fully saturated rings. The number of nitrogens with zero attached hydrogens (tertiary/aromatic N) is 2. The van der Waals surface area contributed by atoms with Crippen molar-refractivity contribution in [1.29, 1.82) is 0 Å². The molecule has 68 valence electrons. The Hall–Kier alpha value is -1.40. The van der Waals surface area contributed by atoms with Crippen molar-refractivity contribution in [1.82, 2.24) is 9.97 Å². The van der Waals surface area contributed by atoms with Crippen molar-refractivity contribution >= 4 is 0 Å². The zero-order chi connectivity index (χ0) is 9.52. The lowest BCUT2D eigenvalue weighted by Gasteiger charge is -1.90. The van der Waals surface area contributed by atoms with Gasteiger partial charge in [0.15, 0.2) is 0 Å². The van der Waals surface area contributed by atoms with Crippen LogP contribution in [0.2, 0.25) is 0 Å². The van der Waals surface area contributed by atoms with Gasteiger partial charge in [-0.2, -0.15) is 0 Å². The van der Waals surface area contributed by atoms with Gasteiger partial charge in [0, 0.05) is 18.7 Å². The second-order valence-electron chi connectivity index (χ2n) is 2.67. The summed E-state index contributed by atoms with van der Waals surface area (Å²) < 4.78 is 0. The zero-order valence-corrected chi connectivity index (χ0v) is 7.62. The molecular formula is C10H12N2O. The van der Waals surface area contributed by atoms with E-state index in [2.05, 4.69) is 21.8 Å². The molecule has 1 rings (SSSR count). The average Bonchev–Trinajstić information content (AvgIpc) is 2.13. The predicted octanol–water partition coefficient (Wildman–Crippen LogP) is 0.909. The van der Waals surface area contributed by atoms with Gasteiger partial charge < -0.3 is 5.11 Å². The molecule has 0 aliphatic rings. The SMILES string of the molecule is Cc1cc(C#CCCCO)ncn1. The lowest BCUT2D eigenvalue weighted by Crippen LogP contribution is -1.87. The molecular weight excluding hydrogens is 164 g/mol. The summed E-state index contributed by atoms with van der Waals surface area (Å²) in [4.78, 5) is 7.96. The predicted molar refractivity (Wildman–Crippen MR) is 50.0 cm³/mol. The number of aliphatic hydroxyl groups excluding tert-OH is 1. The highest BCUT2D eigenvalue weighted by Gasteiger charge is 1.88. The molecule has 1 aromatic rings. The molecule has 0 aromatic carbocycles. The summed E-state index contributed by atoms with van der Waals surface area (Å²) in [5, 5.41) is 8.51. The van der Waals surface area contributed by atoms with E-state index in [9.17, 15) is 0 Å². The van der Waals surface area contributed by atoms with Crippen LogP contribution in [0.3, 0.4) is 0 Å². The van der Waals surface area contributed by atoms with E-state index in [4.69, 9.17) is 5.11 Å². The Morgan fingerprint density at radius 2 is 2.31 bits per heavy atom. The number of aromatic nitrogens is 2. The Labute approximate surface area is 77.9 Å². The molecule has 0 saturated heterocycles. The van der Waals surface area contributed by atoms with Crippen molar-refractivity contribution in [2.75, 3.05) is 6.61 Å². The molecule has 3 nitrogen and oxygen atoms in total. The first-order valence-electron chi connectivity index (χ1n) is 4.21. The standard InChI is InChI=1S/C10H12N2O/c1-9-7-10(12-8-11-9)5-3-2-4-6-13/h7-8,13H,2,4,6H2,1H3. The van der Waals surface area contributed by atoms with E-state index in [1.807, 2.05) is 13.0 Å². The summed E-state index contributed by atoms with van der Waals surface area (Å²) in [5.41, 5.74) is 1.66. The highest BCUT2D eigenvalue weighted by molar-refractivity contribution is 5.27. The molecule has 0 aliphatic carbocycles. The van der Waals surface area contributed by atoms with Crippen molar-refractivity contribution in [2.45, 2.75) is 19.8 Å². The lowest BCUT2D eigenvalue weighted by molar-refractivity contribution is 0.290. The zero-order valence-electron chi connectivity index (χ0n) is 7.62. The minimum atomic E-state index is 0.192.